The van der Waals surface area contributed by atoms with Crippen molar-refractivity contribution >= 4 is 49.4 Å². The van der Waals surface area contributed by atoms with Crippen LogP contribution in [0.4, 0.5) is 0 Å². The highest BCUT2D eigenvalue weighted by Crippen LogP contribution is 2.20. The van der Waals surface area contributed by atoms with Crippen LogP contribution in [0, 0.1) is 0 Å². The van der Waals surface area contributed by atoms with Gasteiger partial charge in [-0.25, -0.2) is 4.79 Å². The molecule has 0 aliphatic rings. The Bertz CT molecular complexity index is 1040. The van der Waals surface area contributed by atoms with Crippen LogP contribution in [0.25, 0.3) is 10.2 Å². The Kier molecular flexibility index (Phi) is 5.15. The van der Waals surface area contributed by atoms with Crippen molar-refractivity contribution in [3.05, 3.63) is 62.9 Å². The van der Waals surface area contributed by atoms with Gasteiger partial charge in [0.15, 0.2) is 4.80 Å². The monoisotopic (exact) mass is 418 g/mol. The van der Waals surface area contributed by atoms with Gasteiger partial charge in [0.2, 0.25) is 0 Å². The van der Waals surface area contributed by atoms with Crippen LogP contribution in [0.3, 0.4) is 0 Å². The summed E-state index contributed by atoms with van der Waals surface area (Å²) in [4.78, 5) is 29.1. The summed E-state index contributed by atoms with van der Waals surface area (Å²) >= 11 is 4.72. The molecule has 0 aliphatic heterocycles. The fourth-order valence-electron chi connectivity index (χ4n) is 2.36. The Morgan fingerprint density at radius 3 is 2.72 bits per heavy atom. The minimum Gasteiger partial charge on any atom is -0.462 e. The highest BCUT2D eigenvalue weighted by atomic mass is 79.9. The van der Waals surface area contributed by atoms with Crippen molar-refractivity contribution < 1.29 is 14.3 Å². The van der Waals surface area contributed by atoms with Crippen molar-refractivity contribution in [3.8, 4) is 0 Å². The first-order valence-corrected chi connectivity index (χ1v) is 9.22. The molecule has 0 saturated heterocycles. The number of nitrogens with zero attached hydrogens (tertiary/aromatic N) is 2. The van der Waals surface area contributed by atoms with Gasteiger partial charge >= 0.3 is 5.97 Å². The number of thiazole rings is 1. The average Bonchev–Trinajstić information content (AvgIpc) is 2.90. The molecule has 1 heterocycles. The van der Waals surface area contributed by atoms with Crippen LogP contribution in [-0.2, 0) is 11.8 Å². The molecule has 128 valence electrons. The maximum absolute atomic E-state index is 12.4. The molecule has 1 amide bonds. The molecule has 0 bridgehead atoms. The maximum Gasteiger partial charge on any atom is 0.338 e. The lowest BCUT2D eigenvalue weighted by Crippen LogP contribution is -2.13. The second-order valence-corrected chi connectivity index (χ2v) is 7.11. The Morgan fingerprint density at radius 2 is 2.00 bits per heavy atom. The number of benzene rings is 2. The number of hydrogen-bond donors (Lipinski definition) is 0. The molecule has 0 N–H and O–H groups in total. The summed E-state index contributed by atoms with van der Waals surface area (Å²) in [7, 11) is 1.84. The number of aryl methyl sites for hydroxylation is 1. The van der Waals surface area contributed by atoms with Gasteiger partial charge in [0.25, 0.3) is 5.91 Å². The number of esters is 1. The van der Waals surface area contributed by atoms with Crippen LogP contribution in [0.2, 0.25) is 0 Å². The summed E-state index contributed by atoms with van der Waals surface area (Å²) in [6.07, 6.45) is 0. The predicted octanol–water partition coefficient (Wildman–Crippen LogP) is 3.92. The largest absolute Gasteiger partial charge is 0.462 e. The van der Waals surface area contributed by atoms with E-state index in [1.165, 1.54) is 11.3 Å². The van der Waals surface area contributed by atoms with Crippen LogP contribution < -0.4 is 4.80 Å². The first-order valence-electron chi connectivity index (χ1n) is 7.61. The predicted molar refractivity (Wildman–Crippen MR) is 101 cm³/mol. The Balaban J connectivity index is 2.05. The molecule has 0 spiro atoms. The fraction of sp³-hybridized carbons (Fsp3) is 0.167. The van der Waals surface area contributed by atoms with Crippen LogP contribution in [-0.4, -0.2) is 23.1 Å². The van der Waals surface area contributed by atoms with Gasteiger partial charge in [-0.05, 0) is 53.2 Å². The number of fused-ring (bicyclic) bond motifs is 1. The summed E-state index contributed by atoms with van der Waals surface area (Å²) in [6.45, 7) is 2.10. The quantitative estimate of drug-likeness (QED) is 0.605. The molecule has 3 aromatic rings. The molecule has 0 unspecified atom stereocenters. The Labute approximate surface area is 156 Å². The van der Waals surface area contributed by atoms with Crippen LogP contribution in [0.1, 0.15) is 27.6 Å². The summed E-state index contributed by atoms with van der Waals surface area (Å²) in [6, 6.07) is 12.5. The third-order valence-corrected chi connectivity index (χ3v) is 5.41. The van der Waals surface area contributed by atoms with Crippen molar-refractivity contribution in [1.29, 1.82) is 0 Å². The molecular formula is C18H15BrN2O3S. The normalized spacial score (nSPS) is 11.7. The molecule has 0 aliphatic carbocycles. The number of hydrogen-bond acceptors (Lipinski definition) is 4. The van der Waals surface area contributed by atoms with E-state index in [1.54, 1.807) is 37.3 Å². The van der Waals surface area contributed by atoms with Crippen molar-refractivity contribution in [2.45, 2.75) is 6.92 Å². The van der Waals surface area contributed by atoms with Gasteiger partial charge in [0.1, 0.15) is 0 Å². The molecule has 5 nitrogen and oxygen atoms in total. The molecule has 25 heavy (non-hydrogen) atoms. The molecule has 0 atom stereocenters. The number of carbonyl (C=O) groups is 2. The lowest BCUT2D eigenvalue weighted by atomic mass is 10.2. The van der Waals surface area contributed by atoms with E-state index < -0.39 is 0 Å². The zero-order chi connectivity index (χ0) is 18.0. The molecule has 0 radical (unpaired) electrons. The molecule has 1 aromatic heterocycles. The molecule has 0 fully saturated rings. The van der Waals surface area contributed by atoms with E-state index in [9.17, 15) is 9.59 Å². The molecule has 7 heteroatoms. The smallest absolute Gasteiger partial charge is 0.338 e. The van der Waals surface area contributed by atoms with E-state index in [0.29, 0.717) is 27.0 Å². The van der Waals surface area contributed by atoms with Gasteiger partial charge in [-0.3, -0.25) is 4.79 Å². The zero-order valence-corrected chi connectivity index (χ0v) is 16.1. The first-order chi connectivity index (χ1) is 12.0. The van der Waals surface area contributed by atoms with E-state index in [1.807, 2.05) is 23.7 Å². The van der Waals surface area contributed by atoms with E-state index in [-0.39, 0.29) is 11.9 Å². The number of rotatable bonds is 3. The highest BCUT2D eigenvalue weighted by molar-refractivity contribution is 9.10. The topological polar surface area (TPSA) is 60.7 Å². The standard InChI is InChI=1S/C18H15BrN2O3S/c1-3-24-17(23)11-8-9-14-15(10-11)25-18(21(14)2)20-16(22)12-6-4-5-7-13(12)19/h4-10H,3H2,1-2H3. The second-order valence-electron chi connectivity index (χ2n) is 5.24. The summed E-state index contributed by atoms with van der Waals surface area (Å²) < 4.78 is 8.44. The molecule has 3 rings (SSSR count). The number of halogens is 1. The van der Waals surface area contributed by atoms with Crippen LogP contribution >= 0.6 is 27.3 Å². The van der Waals surface area contributed by atoms with Crippen LogP contribution in [0.5, 0.6) is 0 Å². The molecule has 2 aromatic carbocycles. The van der Waals surface area contributed by atoms with Gasteiger partial charge in [0, 0.05) is 11.5 Å². The maximum atomic E-state index is 12.4. The van der Waals surface area contributed by atoms with E-state index >= 15 is 0 Å². The van der Waals surface area contributed by atoms with Gasteiger partial charge in [0.05, 0.1) is 28.0 Å². The van der Waals surface area contributed by atoms with Crippen molar-refractivity contribution in [2.24, 2.45) is 12.0 Å². The molecule has 0 saturated carbocycles. The van der Waals surface area contributed by atoms with E-state index in [0.717, 1.165) is 10.2 Å². The highest BCUT2D eigenvalue weighted by Gasteiger charge is 2.12. The minimum atomic E-state index is -0.358. The second kappa shape index (κ2) is 7.33. The van der Waals surface area contributed by atoms with Gasteiger partial charge in [-0.1, -0.05) is 23.5 Å². The number of aromatic nitrogens is 1. The third kappa shape index (κ3) is 3.57. The summed E-state index contributed by atoms with van der Waals surface area (Å²) in [5.74, 6) is -0.677. The summed E-state index contributed by atoms with van der Waals surface area (Å²) in [5, 5.41) is 0. The van der Waals surface area contributed by atoms with Gasteiger partial charge < -0.3 is 9.30 Å². The van der Waals surface area contributed by atoms with Crippen molar-refractivity contribution in [3.63, 3.8) is 0 Å². The Morgan fingerprint density at radius 1 is 1.24 bits per heavy atom. The minimum absolute atomic E-state index is 0.319. The van der Waals surface area contributed by atoms with Crippen molar-refractivity contribution in [1.82, 2.24) is 4.57 Å². The zero-order valence-electron chi connectivity index (χ0n) is 13.7. The average molecular weight is 419 g/mol. The Hall–Kier alpha value is -2.25. The molecular weight excluding hydrogens is 404 g/mol. The SMILES string of the molecule is CCOC(=O)c1ccc2c(c1)sc(=NC(=O)c1ccccc1Br)n2C. The van der Waals surface area contributed by atoms with Gasteiger partial charge in [-0.15, -0.1) is 0 Å². The lowest BCUT2D eigenvalue weighted by molar-refractivity contribution is 0.0526. The van der Waals surface area contributed by atoms with E-state index in [2.05, 4.69) is 20.9 Å². The number of ether oxygens (including phenoxy) is 1. The van der Waals surface area contributed by atoms with Gasteiger partial charge in [-0.2, -0.15) is 4.99 Å². The van der Waals surface area contributed by atoms with Crippen molar-refractivity contribution in [2.75, 3.05) is 6.61 Å². The number of amides is 1. The number of carbonyl (C=O) groups excluding carboxylic acids is 2. The fourth-order valence-corrected chi connectivity index (χ4v) is 3.87. The first kappa shape index (κ1) is 17.6. The third-order valence-electron chi connectivity index (χ3n) is 3.62. The summed E-state index contributed by atoms with van der Waals surface area (Å²) in [5.41, 5.74) is 1.89. The van der Waals surface area contributed by atoms with E-state index in [4.69, 9.17) is 4.74 Å². The lowest BCUT2D eigenvalue weighted by Gasteiger charge is -2.01. The van der Waals surface area contributed by atoms with Crippen LogP contribution in [0.15, 0.2) is 51.9 Å².